The van der Waals surface area contributed by atoms with E-state index in [1.54, 1.807) is 13.3 Å². The van der Waals surface area contributed by atoms with Gasteiger partial charge in [-0.1, -0.05) is 11.3 Å². The van der Waals surface area contributed by atoms with E-state index in [0.717, 1.165) is 25.0 Å². The number of anilines is 1. The Morgan fingerprint density at radius 1 is 1.39 bits per heavy atom. The summed E-state index contributed by atoms with van der Waals surface area (Å²) in [6.45, 7) is 3.79. The summed E-state index contributed by atoms with van der Waals surface area (Å²) in [5, 5.41) is 14.0. The predicted octanol–water partition coefficient (Wildman–Crippen LogP) is 2.83. The summed E-state index contributed by atoms with van der Waals surface area (Å²) in [4.78, 5) is 28.0. The van der Waals surface area contributed by atoms with E-state index in [1.807, 2.05) is 19.9 Å². The quantitative estimate of drug-likeness (QED) is 0.649. The van der Waals surface area contributed by atoms with Crippen LogP contribution in [0.15, 0.2) is 12.3 Å². The van der Waals surface area contributed by atoms with E-state index in [2.05, 4.69) is 25.8 Å². The van der Waals surface area contributed by atoms with Gasteiger partial charge >= 0.3 is 6.09 Å². The van der Waals surface area contributed by atoms with Crippen LogP contribution in [0, 0.1) is 0 Å². The molecule has 1 aliphatic rings. The molecular formula is C18H25N5O4S. The molecule has 3 N–H and O–H groups in total. The summed E-state index contributed by atoms with van der Waals surface area (Å²) < 4.78 is 10.5. The molecule has 0 spiro atoms. The smallest absolute Gasteiger partial charge is 0.407 e. The average Bonchev–Trinajstić information content (AvgIpc) is 3.34. The number of methoxy groups -OCH3 is 1. The van der Waals surface area contributed by atoms with E-state index in [0.29, 0.717) is 15.9 Å². The van der Waals surface area contributed by atoms with E-state index in [4.69, 9.17) is 9.47 Å². The number of ether oxygens (including phenoxy) is 2. The third kappa shape index (κ3) is 5.44. The molecule has 0 aliphatic heterocycles. The van der Waals surface area contributed by atoms with Crippen LogP contribution in [-0.2, 0) is 16.0 Å². The molecule has 2 atom stereocenters. The van der Waals surface area contributed by atoms with Crippen molar-refractivity contribution in [3.63, 3.8) is 0 Å². The van der Waals surface area contributed by atoms with Crippen LogP contribution in [0.3, 0.4) is 0 Å². The third-order valence-electron chi connectivity index (χ3n) is 4.42. The topological polar surface area (TPSA) is 118 Å². The molecule has 1 fully saturated rings. The van der Waals surface area contributed by atoms with Gasteiger partial charge in [0.15, 0.2) is 10.9 Å². The van der Waals surface area contributed by atoms with Crippen LogP contribution in [0.5, 0.6) is 5.06 Å². The number of nitrogens with zero attached hydrogens (tertiary/aromatic N) is 2. The lowest BCUT2D eigenvalue weighted by atomic mass is 10.0. The van der Waals surface area contributed by atoms with Gasteiger partial charge in [0, 0.05) is 23.7 Å². The third-order valence-corrected chi connectivity index (χ3v) is 5.37. The molecule has 0 bridgehead atoms. The highest BCUT2D eigenvalue weighted by Crippen LogP contribution is 2.35. The summed E-state index contributed by atoms with van der Waals surface area (Å²) in [5.41, 5.74) is 0.932. The van der Waals surface area contributed by atoms with Crippen molar-refractivity contribution >= 4 is 29.2 Å². The summed E-state index contributed by atoms with van der Waals surface area (Å²) in [7, 11) is 1.57. The maximum absolute atomic E-state index is 12.2. The van der Waals surface area contributed by atoms with Gasteiger partial charge in [-0.3, -0.25) is 9.89 Å². The molecule has 28 heavy (non-hydrogen) atoms. The molecule has 2 aromatic heterocycles. The van der Waals surface area contributed by atoms with E-state index in [9.17, 15) is 9.59 Å². The Balaban J connectivity index is 1.48. The SMILES string of the molecule is COc1cnc(CC(=O)Nc2cc([C@H]3CC[C@@H](OC(=O)NC(C)C)C3)[nH]n2)s1. The minimum Gasteiger partial charge on any atom is -0.486 e. The molecule has 1 aliphatic carbocycles. The number of hydrogen-bond acceptors (Lipinski definition) is 7. The minimum absolute atomic E-state index is 0.0499. The zero-order valence-electron chi connectivity index (χ0n) is 16.2. The van der Waals surface area contributed by atoms with Crippen molar-refractivity contribution in [1.29, 1.82) is 0 Å². The Bertz CT molecular complexity index is 819. The molecule has 3 rings (SSSR count). The van der Waals surface area contributed by atoms with Crippen molar-refractivity contribution in [1.82, 2.24) is 20.5 Å². The molecule has 10 heteroatoms. The number of carbonyl (C=O) groups is 2. The number of aromatic nitrogens is 3. The van der Waals surface area contributed by atoms with Gasteiger partial charge in [-0.05, 0) is 33.1 Å². The van der Waals surface area contributed by atoms with Crippen molar-refractivity contribution < 1.29 is 19.1 Å². The summed E-state index contributed by atoms with van der Waals surface area (Å²) in [5.74, 6) is 0.511. The van der Waals surface area contributed by atoms with Gasteiger partial charge in [-0.25, -0.2) is 9.78 Å². The van der Waals surface area contributed by atoms with Gasteiger partial charge in [-0.2, -0.15) is 5.10 Å². The zero-order chi connectivity index (χ0) is 20.1. The second kappa shape index (κ2) is 9.05. The first-order chi connectivity index (χ1) is 13.4. The standard InChI is InChI=1S/C18H25N5O4S/c1-10(2)20-18(25)27-12-5-4-11(6-12)13-7-14(23-22-13)21-15(24)8-16-19-9-17(26-3)28-16/h7,9-12H,4-6,8H2,1-3H3,(H,20,25)(H2,21,22,23,24)/t11-,12+/m0/s1. The molecule has 1 saturated carbocycles. The van der Waals surface area contributed by atoms with Crippen molar-refractivity contribution in [3.8, 4) is 5.06 Å². The monoisotopic (exact) mass is 407 g/mol. The Kier molecular flexibility index (Phi) is 6.50. The highest BCUT2D eigenvalue weighted by molar-refractivity contribution is 7.13. The number of hydrogen-bond donors (Lipinski definition) is 3. The number of aromatic amines is 1. The molecule has 0 aromatic carbocycles. The lowest BCUT2D eigenvalue weighted by molar-refractivity contribution is -0.115. The number of rotatable bonds is 7. The van der Waals surface area contributed by atoms with Gasteiger partial charge in [-0.15, -0.1) is 0 Å². The number of alkyl carbamates (subject to hydrolysis) is 1. The predicted molar refractivity (Wildman–Crippen MR) is 105 cm³/mol. The van der Waals surface area contributed by atoms with Gasteiger partial charge in [0.25, 0.3) is 0 Å². The Morgan fingerprint density at radius 2 is 2.21 bits per heavy atom. The maximum atomic E-state index is 12.2. The van der Waals surface area contributed by atoms with Crippen LogP contribution in [-0.4, -0.2) is 46.4 Å². The molecule has 9 nitrogen and oxygen atoms in total. The van der Waals surface area contributed by atoms with Crippen molar-refractivity contribution in [3.05, 3.63) is 23.0 Å². The summed E-state index contributed by atoms with van der Waals surface area (Å²) in [6.07, 6.45) is 3.72. The van der Waals surface area contributed by atoms with Gasteiger partial charge in [0.1, 0.15) is 11.1 Å². The second-order valence-corrected chi connectivity index (χ2v) is 8.12. The molecule has 2 amide bonds. The molecular weight excluding hydrogens is 382 g/mol. The van der Waals surface area contributed by atoms with E-state index < -0.39 is 0 Å². The van der Waals surface area contributed by atoms with Crippen molar-refractivity contribution in [2.75, 3.05) is 12.4 Å². The molecule has 0 radical (unpaired) electrons. The summed E-state index contributed by atoms with van der Waals surface area (Å²) in [6, 6.07) is 1.88. The highest BCUT2D eigenvalue weighted by atomic mass is 32.1. The Labute approximate surface area is 167 Å². The van der Waals surface area contributed by atoms with Crippen LogP contribution in [0.2, 0.25) is 0 Å². The molecule has 2 heterocycles. The molecule has 0 unspecified atom stereocenters. The lowest BCUT2D eigenvalue weighted by Gasteiger charge is -2.14. The fourth-order valence-electron chi connectivity index (χ4n) is 3.15. The first kappa shape index (κ1) is 20.1. The van der Waals surface area contributed by atoms with E-state index in [1.165, 1.54) is 11.3 Å². The number of thiazole rings is 1. The van der Waals surface area contributed by atoms with Crippen molar-refractivity contribution in [2.45, 2.75) is 57.6 Å². The fourth-order valence-corrected chi connectivity index (χ4v) is 3.88. The number of H-pyrrole nitrogens is 1. The second-order valence-electron chi connectivity index (χ2n) is 7.05. The zero-order valence-corrected chi connectivity index (χ0v) is 17.0. The molecule has 0 saturated heterocycles. The van der Waals surface area contributed by atoms with Crippen LogP contribution >= 0.6 is 11.3 Å². The maximum Gasteiger partial charge on any atom is 0.407 e. The fraction of sp³-hybridized carbons (Fsp3) is 0.556. The first-order valence-electron chi connectivity index (χ1n) is 9.24. The van der Waals surface area contributed by atoms with Crippen LogP contribution < -0.4 is 15.4 Å². The summed E-state index contributed by atoms with van der Waals surface area (Å²) >= 11 is 1.34. The Morgan fingerprint density at radius 3 is 2.93 bits per heavy atom. The number of carbonyl (C=O) groups excluding carboxylic acids is 2. The first-order valence-corrected chi connectivity index (χ1v) is 10.1. The van der Waals surface area contributed by atoms with Gasteiger partial charge in [0.05, 0.1) is 19.7 Å². The Hall–Kier alpha value is -2.62. The van der Waals surface area contributed by atoms with E-state index >= 15 is 0 Å². The van der Waals surface area contributed by atoms with Crippen LogP contribution in [0.4, 0.5) is 10.6 Å². The largest absolute Gasteiger partial charge is 0.486 e. The minimum atomic E-state index is -0.378. The molecule has 152 valence electrons. The van der Waals surface area contributed by atoms with Gasteiger partial charge in [0.2, 0.25) is 5.91 Å². The highest BCUT2D eigenvalue weighted by Gasteiger charge is 2.30. The van der Waals surface area contributed by atoms with Crippen LogP contribution in [0.1, 0.15) is 49.7 Å². The number of nitrogens with one attached hydrogen (secondary N) is 3. The number of amides is 2. The van der Waals surface area contributed by atoms with E-state index in [-0.39, 0.29) is 36.5 Å². The normalized spacial score (nSPS) is 18.9. The van der Waals surface area contributed by atoms with Gasteiger partial charge < -0.3 is 20.1 Å². The lowest BCUT2D eigenvalue weighted by Crippen LogP contribution is -2.33. The van der Waals surface area contributed by atoms with Crippen molar-refractivity contribution in [2.24, 2.45) is 0 Å². The average molecular weight is 407 g/mol. The molecule has 2 aromatic rings. The van der Waals surface area contributed by atoms with Crippen LogP contribution in [0.25, 0.3) is 0 Å².